The second kappa shape index (κ2) is 13.5. The van der Waals surface area contributed by atoms with E-state index in [4.69, 9.17) is 18.9 Å². The molecule has 0 radical (unpaired) electrons. The van der Waals surface area contributed by atoms with Crippen LogP contribution in [0.15, 0.2) is 90.0 Å². The van der Waals surface area contributed by atoms with Gasteiger partial charge in [0.25, 0.3) is 5.91 Å². The van der Waals surface area contributed by atoms with E-state index in [1.54, 1.807) is 58.9 Å². The predicted octanol–water partition coefficient (Wildman–Crippen LogP) is 7.54. The predicted molar refractivity (Wildman–Crippen MR) is 168 cm³/mol. The van der Waals surface area contributed by atoms with Gasteiger partial charge in [0.05, 0.1) is 39.7 Å². The number of ether oxygens (including phenoxy) is 4. The molecular weight excluding hydrogens is 567 g/mol. The van der Waals surface area contributed by atoms with E-state index in [0.29, 0.717) is 46.4 Å². The Hall–Kier alpha value is -4.76. The quantitative estimate of drug-likeness (QED) is 0.157. The van der Waals surface area contributed by atoms with E-state index in [2.05, 4.69) is 10.3 Å². The summed E-state index contributed by atoms with van der Waals surface area (Å²) in [6.45, 7) is 0. The van der Waals surface area contributed by atoms with Gasteiger partial charge in [-0.2, -0.15) is 0 Å². The van der Waals surface area contributed by atoms with Crippen LogP contribution in [0, 0.1) is 5.82 Å². The summed E-state index contributed by atoms with van der Waals surface area (Å²) in [4.78, 5) is 19.2. The molecule has 0 aliphatic carbocycles. The molecule has 1 heterocycles. The van der Waals surface area contributed by atoms with E-state index in [0.717, 1.165) is 32.5 Å². The monoisotopic (exact) mass is 598 g/mol. The lowest BCUT2D eigenvalue weighted by Gasteiger charge is -2.17. The van der Waals surface area contributed by atoms with Crippen molar-refractivity contribution in [3.63, 3.8) is 0 Å². The van der Waals surface area contributed by atoms with E-state index in [9.17, 15) is 9.18 Å². The molecule has 4 aromatic carbocycles. The minimum Gasteiger partial charge on any atom is -0.493 e. The van der Waals surface area contributed by atoms with E-state index in [-0.39, 0.29) is 11.7 Å². The third-order valence-electron chi connectivity index (χ3n) is 7.01. The number of halogens is 1. The van der Waals surface area contributed by atoms with Gasteiger partial charge in [0.2, 0.25) is 0 Å². The summed E-state index contributed by atoms with van der Waals surface area (Å²) >= 11 is 1.51. The van der Waals surface area contributed by atoms with Crippen LogP contribution in [-0.4, -0.2) is 39.3 Å². The van der Waals surface area contributed by atoms with Gasteiger partial charge in [-0.3, -0.25) is 9.78 Å². The second-order valence-corrected chi connectivity index (χ2v) is 10.6. The number of carbonyl (C=O) groups is 1. The fraction of sp³-hybridized carbons (Fsp3) is 0.176. The van der Waals surface area contributed by atoms with Gasteiger partial charge in [-0.1, -0.05) is 24.3 Å². The standard InChI is InChI=1S/C34H31FN2O5S/c1-39-29-16-22-13-14-36-28(26(22)18-31(29)41-3)15-23-17-30(40-2)32(42-4)19-27(23)37-34(38)25-7-5-6-8-33(25)43-20-21-9-11-24(35)12-10-21/h5-14,16-19H,15,20H2,1-4H3,(H,37,38). The molecule has 0 saturated carbocycles. The van der Waals surface area contributed by atoms with Crippen molar-refractivity contribution in [2.24, 2.45) is 0 Å². The number of benzene rings is 4. The molecule has 43 heavy (non-hydrogen) atoms. The number of fused-ring (bicyclic) bond motifs is 1. The van der Waals surface area contributed by atoms with Crippen molar-refractivity contribution in [1.29, 1.82) is 0 Å². The Morgan fingerprint density at radius 1 is 0.814 bits per heavy atom. The molecule has 5 aromatic rings. The minimum absolute atomic E-state index is 0.270. The Morgan fingerprint density at radius 2 is 1.47 bits per heavy atom. The molecule has 0 bridgehead atoms. The zero-order valence-electron chi connectivity index (χ0n) is 24.3. The fourth-order valence-corrected chi connectivity index (χ4v) is 5.78. The van der Waals surface area contributed by atoms with Crippen LogP contribution in [0.4, 0.5) is 10.1 Å². The van der Waals surface area contributed by atoms with Crippen molar-refractivity contribution in [3.05, 3.63) is 113 Å². The summed E-state index contributed by atoms with van der Waals surface area (Å²) in [6.07, 6.45) is 2.14. The third kappa shape index (κ3) is 6.67. The Balaban J connectivity index is 1.48. The summed E-state index contributed by atoms with van der Waals surface area (Å²) in [5, 5.41) is 4.94. The number of amides is 1. The van der Waals surface area contributed by atoms with Crippen LogP contribution in [0.3, 0.4) is 0 Å². The second-order valence-electron chi connectivity index (χ2n) is 9.59. The van der Waals surface area contributed by atoms with Gasteiger partial charge in [-0.25, -0.2) is 4.39 Å². The summed E-state index contributed by atoms with van der Waals surface area (Å²) in [5.41, 5.74) is 3.63. The van der Waals surface area contributed by atoms with Crippen molar-refractivity contribution in [2.45, 2.75) is 17.1 Å². The maximum atomic E-state index is 13.7. The number of aromatic nitrogens is 1. The maximum absolute atomic E-state index is 13.7. The largest absolute Gasteiger partial charge is 0.493 e. The molecule has 0 atom stereocenters. The molecular formula is C34H31FN2O5S. The lowest BCUT2D eigenvalue weighted by molar-refractivity contribution is 0.102. The van der Waals surface area contributed by atoms with Crippen LogP contribution >= 0.6 is 11.8 Å². The molecule has 220 valence electrons. The number of pyridine rings is 1. The molecule has 0 fully saturated rings. The molecule has 9 heteroatoms. The number of thioether (sulfide) groups is 1. The Morgan fingerprint density at radius 3 is 2.19 bits per heavy atom. The molecule has 1 aromatic heterocycles. The smallest absolute Gasteiger partial charge is 0.256 e. The topological polar surface area (TPSA) is 78.9 Å². The Kier molecular flexibility index (Phi) is 9.32. The Labute approximate surface area is 254 Å². The third-order valence-corrected chi connectivity index (χ3v) is 8.15. The molecule has 0 unspecified atom stereocenters. The lowest BCUT2D eigenvalue weighted by atomic mass is 10.0. The van der Waals surface area contributed by atoms with Gasteiger partial charge in [-0.05, 0) is 65.0 Å². The average Bonchev–Trinajstić information content (AvgIpc) is 3.04. The first-order valence-electron chi connectivity index (χ1n) is 13.5. The highest BCUT2D eigenvalue weighted by Gasteiger charge is 2.19. The molecule has 1 N–H and O–H groups in total. The van der Waals surface area contributed by atoms with Gasteiger partial charge in [-0.15, -0.1) is 11.8 Å². The zero-order chi connectivity index (χ0) is 30.3. The number of methoxy groups -OCH3 is 4. The van der Waals surface area contributed by atoms with E-state index < -0.39 is 0 Å². The highest BCUT2D eigenvalue weighted by molar-refractivity contribution is 7.98. The van der Waals surface area contributed by atoms with Gasteiger partial charge in [0.1, 0.15) is 5.82 Å². The fourth-order valence-electron chi connectivity index (χ4n) is 4.78. The van der Waals surface area contributed by atoms with Crippen molar-refractivity contribution < 1.29 is 28.1 Å². The SMILES string of the molecule is COc1cc(Cc2nccc3cc(OC)c(OC)cc23)c(NC(=O)c2ccccc2SCc2ccc(F)cc2)cc1OC. The zero-order valence-corrected chi connectivity index (χ0v) is 25.1. The maximum Gasteiger partial charge on any atom is 0.256 e. The van der Waals surface area contributed by atoms with Crippen molar-refractivity contribution in [3.8, 4) is 23.0 Å². The first-order chi connectivity index (χ1) is 20.9. The highest BCUT2D eigenvalue weighted by atomic mass is 32.2. The van der Waals surface area contributed by atoms with Crippen LogP contribution < -0.4 is 24.3 Å². The molecule has 0 saturated heterocycles. The van der Waals surface area contributed by atoms with Gasteiger partial charge in [0, 0.05) is 40.4 Å². The minimum atomic E-state index is -0.281. The summed E-state index contributed by atoms with van der Waals surface area (Å²) in [7, 11) is 6.32. The number of nitrogens with one attached hydrogen (secondary N) is 1. The van der Waals surface area contributed by atoms with Gasteiger partial charge < -0.3 is 24.3 Å². The summed E-state index contributed by atoms with van der Waals surface area (Å²) < 4.78 is 35.5. The van der Waals surface area contributed by atoms with E-state index >= 15 is 0 Å². The number of hydrogen-bond acceptors (Lipinski definition) is 7. The number of rotatable bonds is 11. The van der Waals surface area contributed by atoms with E-state index in [1.807, 2.05) is 42.5 Å². The number of carbonyl (C=O) groups excluding carboxylic acids is 1. The average molecular weight is 599 g/mol. The number of anilines is 1. The highest BCUT2D eigenvalue weighted by Crippen LogP contribution is 2.38. The molecule has 5 rings (SSSR count). The molecule has 1 amide bonds. The van der Waals surface area contributed by atoms with Crippen molar-refractivity contribution in [1.82, 2.24) is 4.98 Å². The normalized spacial score (nSPS) is 10.8. The van der Waals surface area contributed by atoms with Crippen LogP contribution in [0.5, 0.6) is 23.0 Å². The first-order valence-corrected chi connectivity index (χ1v) is 14.4. The van der Waals surface area contributed by atoms with Gasteiger partial charge >= 0.3 is 0 Å². The van der Waals surface area contributed by atoms with Gasteiger partial charge in [0.15, 0.2) is 23.0 Å². The molecule has 0 aliphatic rings. The van der Waals surface area contributed by atoms with Crippen LogP contribution in [-0.2, 0) is 12.2 Å². The van der Waals surface area contributed by atoms with Crippen LogP contribution in [0.25, 0.3) is 10.8 Å². The van der Waals surface area contributed by atoms with Crippen molar-refractivity contribution >= 4 is 34.1 Å². The van der Waals surface area contributed by atoms with Crippen molar-refractivity contribution in [2.75, 3.05) is 33.8 Å². The summed E-state index contributed by atoms with van der Waals surface area (Å²) in [6, 6.07) is 23.1. The molecule has 7 nitrogen and oxygen atoms in total. The number of hydrogen-bond donors (Lipinski definition) is 1. The molecule has 0 spiro atoms. The molecule has 0 aliphatic heterocycles. The Bertz CT molecular complexity index is 1760. The van der Waals surface area contributed by atoms with E-state index in [1.165, 1.54) is 23.9 Å². The van der Waals surface area contributed by atoms with Crippen LogP contribution in [0.1, 0.15) is 27.2 Å². The summed E-state index contributed by atoms with van der Waals surface area (Å²) in [5.74, 6) is 2.28. The van der Waals surface area contributed by atoms with Crippen LogP contribution in [0.2, 0.25) is 0 Å². The number of nitrogens with zero attached hydrogens (tertiary/aromatic N) is 1. The first kappa shape index (κ1) is 29.7. The lowest BCUT2D eigenvalue weighted by Crippen LogP contribution is -2.15.